The zero-order chi connectivity index (χ0) is 20.6. The Labute approximate surface area is 165 Å². The normalized spacial score (nSPS) is 12.7. The molecule has 0 saturated heterocycles. The van der Waals surface area contributed by atoms with E-state index in [2.05, 4.69) is 22.6 Å². The van der Waals surface area contributed by atoms with Gasteiger partial charge in [-0.15, -0.1) is 0 Å². The molecule has 0 saturated carbocycles. The molecule has 1 N–H and O–H groups in total. The maximum absolute atomic E-state index is 11.5. The summed E-state index contributed by atoms with van der Waals surface area (Å²) in [7, 11) is 0. The first-order valence-electron chi connectivity index (χ1n) is 9.21. The molecule has 0 aromatic heterocycles. The molecule has 6 heteroatoms. The Morgan fingerprint density at radius 2 is 1.50 bits per heavy atom. The molecule has 0 radical (unpaired) electrons. The number of nitrogens with one attached hydrogen (secondary N) is 1. The predicted molar refractivity (Wildman–Crippen MR) is 109 cm³/mol. The fourth-order valence-electron chi connectivity index (χ4n) is 3.02. The van der Waals surface area contributed by atoms with Gasteiger partial charge in [-0.25, -0.2) is 0 Å². The van der Waals surface area contributed by atoms with Crippen molar-refractivity contribution in [1.29, 1.82) is 0 Å². The Morgan fingerprint density at radius 3 is 1.96 bits per heavy atom. The third kappa shape index (κ3) is 6.61. The molecule has 1 atom stereocenters. The van der Waals surface area contributed by atoms with Crippen LogP contribution in [-0.2, 0) is 27.3 Å². The molecule has 0 bridgehead atoms. The molecule has 0 spiro atoms. The van der Waals surface area contributed by atoms with Gasteiger partial charge in [0.05, 0.1) is 5.54 Å². The fourth-order valence-corrected chi connectivity index (χ4v) is 3.02. The number of esters is 1. The van der Waals surface area contributed by atoms with Crippen LogP contribution in [0.15, 0.2) is 53.7 Å². The molecule has 2 rings (SSSR count). The molecule has 1 amide bonds. The van der Waals surface area contributed by atoms with Gasteiger partial charge in [0.2, 0.25) is 5.91 Å². The number of rotatable bonds is 9. The number of ether oxygens (including phenoxy) is 1. The van der Waals surface area contributed by atoms with Gasteiger partial charge in [0.15, 0.2) is 0 Å². The third-order valence-electron chi connectivity index (χ3n) is 4.53. The van der Waals surface area contributed by atoms with E-state index in [9.17, 15) is 14.5 Å². The summed E-state index contributed by atoms with van der Waals surface area (Å²) in [6, 6.07) is 15.9. The monoisotopic (exact) mass is 382 g/mol. The first-order valence-corrected chi connectivity index (χ1v) is 9.21. The second-order valence-electron chi connectivity index (χ2n) is 7.20. The first-order chi connectivity index (χ1) is 13.3. The number of benzene rings is 2. The van der Waals surface area contributed by atoms with Crippen LogP contribution in [0, 0.1) is 4.91 Å². The van der Waals surface area contributed by atoms with Crippen molar-refractivity contribution in [2.24, 2.45) is 5.18 Å². The Balaban J connectivity index is 2.02. The van der Waals surface area contributed by atoms with Crippen LogP contribution in [0.5, 0.6) is 0 Å². The number of hydrogen-bond acceptors (Lipinski definition) is 5. The van der Waals surface area contributed by atoms with E-state index in [0.717, 1.165) is 28.7 Å². The summed E-state index contributed by atoms with van der Waals surface area (Å²) in [6.45, 7) is 5.01. The van der Waals surface area contributed by atoms with E-state index in [4.69, 9.17) is 4.74 Å². The van der Waals surface area contributed by atoms with Crippen LogP contribution < -0.4 is 5.32 Å². The van der Waals surface area contributed by atoms with Crippen molar-refractivity contribution in [3.8, 4) is 11.1 Å². The number of carbonyl (C=O) groups excluding carboxylic acids is 2. The maximum atomic E-state index is 11.5. The smallest absolute Gasteiger partial charge is 0.302 e. The van der Waals surface area contributed by atoms with E-state index in [-0.39, 0.29) is 25.0 Å². The number of aryl methyl sites for hydroxylation is 1. The van der Waals surface area contributed by atoms with Gasteiger partial charge in [0.25, 0.3) is 0 Å². The topological polar surface area (TPSA) is 84.8 Å². The fraction of sp³-hybridized carbons (Fsp3) is 0.364. The largest absolute Gasteiger partial charge is 0.463 e. The lowest BCUT2D eigenvalue weighted by Gasteiger charge is -2.30. The van der Waals surface area contributed by atoms with Crippen LogP contribution in [0.1, 0.15) is 38.3 Å². The highest BCUT2D eigenvalue weighted by atomic mass is 16.5. The third-order valence-corrected chi connectivity index (χ3v) is 4.53. The summed E-state index contributed by atoms with van der Waals surface area (Å²) in [5.74, 6) is -0.519. The number of hydrogen-bond donors (Lipinski definition) is 1. The van der Waals surface area contributed by atoms with Crippen molar-refractivity contribution in [3.63, 3.8) is 0 Å². The quantitative estimate of drug-likeness (QED) is 0.524. The van der Waals surface area contributed by atoms with Gasteiger partial charge in [-0.3, -0.25) is 9.59 Å². The summed E-state index contributed by atoms with van der Waals surface area (Å²) >= 11 is 0. The van der Waals surface area contributed by atoms with Crippen LogP contribution in [-0.4, -0.2) is 24.0 Å². The first kappa shape index (κ1) is 21.3. The Bertz CT molecular complexity index is 815. The average Bonchev–Trinajstić information content (AvgIpc) is 2.66. The van der Waals surface area contributed by atoms with Crippen LogP contribution >= 0.6 is 0 Å². The van der Waals surface area contributed by atoms with Gasteiger partial charge in [-0.05, 0) is 42.0 Å². The van der Waals surface area contributed by atoms with E-state index >= 15 is 0 Å². The summed E-state index contributed by atoms with van der Waals surface area (Å²) in [5, 5.41) is 5.79. The minimum absolute atomic E-state index is 0.141. The molecule has 0 aliphatic rings. The maximum Gasteiger partial charge on any atom is 0.302 e. The number of nitroso groups, excluding NO2 is 1. The van der Waals surface area contributed by atoms with Crippen molar-refractivity contribution in [1.82, 2.24) is 5.32 Å². The summed E-state index contributed by atoms with van der Waals surface area (Å²) in [5.41, 5.74) is 3.56. The molecular weight excluding hydrogens is 356 g/mol. The lowest BCUT2D eigenvalue weighted by Crippen LogP contribution is -2.49. The van der Waals surface area contributed by atoms with Crippen LogP contribution in [0.2, 0.25) is 0 Å². The molecule has 0 aliphatic heterocycles. The second-order valence-corrected chi connectivity index (χ2v) is 7.20. The van der Waals surface area contributed by atoms with Crippen molar-refractivity contribution in [3.05, 3.63) is 64.6 Å². The minimum atomic E-state index is -0.612. The van der Waals surface area contributed by atoms with Crippen LogP contribution in [0.25, 0.3) is 11.1 Å². The summed E-state index contributed by atoms with van der Waals surface area (Å²) in [6.07, 6.45) is 1.38. The molecule has 0 heterocycles. The van der Waals surface area contributed by atoms with Crippen molar-refractivity contribution in [2.75, 3.05) is 6.61 Å². The highest BCUT2D eigenvalue weighted by Gasteiger charge is 2.26. The van der Waals surface area contributed by atoms with Gasteiger partial charge in [0.1, 0.15) is 13.2 Å². The van der Waals surface area contributed by atoms with E-state index < -0.39 is 5.54 Å². The average molecular weight is 382 g/mol. The van der Waals surface area contributed by atoms with E-state index in [1.54, 1.807) is 0 Å². The van der Waals surface area contributed by atoms with E-state index in [0.29, 0.717) is 6.42 Å². The summed E-state index contributed by atoms with van der Waals surface area (Å²) in [4.78, 5) is 33.0. The van der Waals surface area contributed by atoms with Gasteiger partial charge in [-0.1, -0.05) is 53.7 Å². The van der Waals surface area contributed by atoms with Gasteiger partial charge < -0.3 is 10.1 Å². The second kappa shape index (κ2) is 9.78. The standard InChI is InChI=1S/C22H26N2O4/c1-16(25)24-22(3,15-28-17(2)26)13-12-18-4-8-20(9-5-18)21-10-6-19(7-11-21)14-23-27/h4-11H,12-15H2,1-3H3,(H,24,25). The molecule has 0 aliphatic carbocycles. The molecule has 6 nitrogen and oxygen atoms in total. The Kier molecular flexibility index (Phi) is 7.44. The molecule has 2 aromatic carbocycles. The lowest BCUT2D eigenvalue weighted by molar-refractivity contribution is -0.144. The van der Waals surface area contributed by atoms with Crippen molar-refractivity contribution < 1.29 is 14.3 Å². The molecule has 0 fully saturated rings. The summed E-state index contributed by atoms with van der Waals surface area (Å²) < 4.78 is 5.12. The zero-order valence-corrected chi connectivity index (χ0v) is 16.5. The van der Waals surface area contributed by atoms with E-state index in [1.807, 2.05) is 43.3 Å². The molecular formula is C22H26N2O4. The van der Waals surface area contributed by atoms with E-state index in [1.165, 1.54) is 13.8 Å². The van der Waals surface area contributed by atoms with Crippen molar-refractivity contribution in [2.45, 2.75) is 45.7 Å². The minimum Gasteiger partial charge on any atom is -0.463 e. The molecule has 28 heavy (non-hydrogen) atoms. The number of amides is 1. The van der Waals surface area contributed by atoms with Gasteiger partial charge in [0, 0.05) is 13.8 Å². The zero-order valence-electron chi connectivity index (χ0n) is 16.5. The molecule has 2 aromatic rings. The predicted octanol–water partition coefficient (Wildman–Crippen LogP) is 4.01. The Hall–Kier alpha value is -3.02. The van der Waals surface area contributed by atoms with Crippen molar-refractivity contribution >= 4 is 11.9 Å². The lowest BCUT2D eigenvalue weighted by atomic mass is 9.93. The van der Waals surface area contributed by atoms with Gasteiger partial charge in [-0.2, -0.15) is 4.91 Å². The van der Waals surface area contributed by atoms with Crippen LogP contribution in [0.4, 0.5) is 0 Å². The highest BCUT2D eigenvalue weighted by molar-refractivity contribution is 5.74. The van der Waals surface area contributed by atoms with Gasteiger partial charge >= 0.3 is 5.97 Å². The number of carbonyl (C=O) groups is 2. The van der Waals surface area contributed by atoms with Crippen LogP contribution in [0.3, 0.4) is 0 Å². The number of nitrogens with zero attached hydrogens (tertiary/aromatic N) is 1. The Morgan fingerprint density at radius 1 is 0.964 bits per heavy atom. The SMILES string of the molecule is CC(=O)NC(C)(CCc1ccc(-c2ccc(CN=O)cc2)cc1)COC(C)=O. The molecule has 1 unspecified atom stereocenters. The highest BCUT2D eigenvalue weighted by Crippen LogP contribution is 2.22. The molecule has 148 valence electrons.